The van der Waals surface area contributed by atoms with Crippen LogP contribution < -0.4 is 0 Å². The van der Waals surface area contributed by atoms with Crippen molar-refractivity contribution < 1.29 is 14.7 Å². The standard InChI is InChI=1S/C13H22N2O3/c1-9-5-11(9)7-14(2)13(18)15(8-12(16)17)6-10-3-4-10/h9-11H,3-8H2,1-2H3,(H,16,17). The quantitative estimate of drug-likeness (QED) is 0.781. The highest BCUT2D eigenvalue weighted by Gasteiger charge is 2.36. The minimum absolute atomic E-state index is 0.136. The molecule has 0 aromatic rings. The van der Waals surface area contributed by atoms with Crippen molar-refractivity contribution in [3.63, 3.8) is 0 Å². The molecule has 2 aliphatic rings. The summed E-state index contributed by atoms with van der Waals surface area (Å²) in [5.74, 6) is 0.891. The third-order valence-electron chi connectivity index (χ3n) is 3.88. The number of carboxylic acids is 1. The Labute approximate surface area is 108 Å². The van der Waals surface area contributed by atoms with Gasteiger partial charge in [0.15, 0.2) is 0 Å². The highest BCUT2D eigenvalue weighted by atomic mass is 16.4. The van der Waals surface area contributed by atoms with E-state index in [0.717, 1.165) is 19.4 Å². The summed E-state index contributed by atoms with van der Waals surface area (Å²) in [6.07, 6.45) is 3.42. The van der Waals surface area contributed by atoms with Crippen LogP contribution in [0.15, 0.2) is 0 Å². The molecule has 0 radical (unpaired) electrons. The zero-order valence-electron chi connectivity index (χ0n) is 11.1. The average Bonchev–Trinajstić information content (AvgIpc) is 3.17. The van der Waals surface area contributed by atoms with Crippen LogP contribution >= 0.6 is 0 Å². The fraction of sp³-hybridized carbons (Fsp3) is 0.846. The largest absolute Gasteiger partial charge is 0.480 e. The van der Waals surface area contributed by atoms with E-state index < -0.39 is 5.97 Å². The lowest BCUT2D eigenvalue weighted by molar-refractivity contribution is -0.137. The van der Waals surface area contributed by atoms with Crippen molar-refractivity contribution in [2.24, 2.45) is 17.8 Å². The summed E-state index contributed by atoms with van der Waals surface area (Å²) in [5, 5.41) is 8.87. The van der Waals surface area contributed by atoms with E-state index in [0.29, 0.717) is 24.3 Å². The lowest BCUT2D eigenvalue weighted by Crippen LogP contribution is -2.45. The maximum Gasteiger partial charge on any atom is 0.323 e. The Kier molecular flexibility index (Phi) is 3.78. The fourth-order valence-corrected chi connectivity index (χ4v) is 2.31. The van der Waals surface area contributed by atoms with Crippen molar-refractivity contribution in [1.82, 2.24) is 9.80 Å². The van der Waals surface area contributed by atoms with Gasteiger partial charge in [0.2, 0.25) is 0 Å². The van der Waals surface area contributed by atoms with Gasteiger partial charge in [0, 0.05) is 20.1 Å². The Hall–Kier alpha value is -1.26. The Morgan fingerprint density at radius 2 is 1.89 bits per heavy atom. The first-order valence-electron chi connectivity index (χ1n) is 6.69. The van der Waals surface area contributed by atoms with Crippen LogP contribution in [0.4, 0.5) is 4.79 Å². The van der Waals surface area contributed by atoms with Gasteiger partial charge < -0.3 is 14.9 Å². The maximum absolute atomic E-state index is 12.2. The lowest BCUT2D eigenvalue weighted by Gasteiger charge is -2.27. The van der Waals surface area contributed by atoms with Crippen molar-refractivity contribution in [2.75, 3.05) is 26.7 Å². The van der Waals surface area contributed by atoms with Crippen molar-refractivity contribution >= 4 is 12.0 Å². The summed E-state index contributed by atoms with van der Waals surface area (Å²) in [4.78, 5) is 26.2. The van der Waals surface area contributed by atoms with E-state index in [1.807, 2.05) is 0 Å². The Bertz CT molecular complexity index is 341. The summed E-state index contributed by atoms with van der Waals surface area (Å²) in [5.41, 5.74) is 0. The van der Waals surface area contributed by atoms with Crippen LogP contribution in [0, 0.1) is 17.8 Å². The number of hydrogen-bond acceptors (Lipinski definition) is 2. The van der Waals surface area contributed by atoms with Crippen LogP contribution in [-0.4, -0.2) is 53.6 Å². The minimum Gasteiger partial charge on any atom is -0.480 e. The molecule has 0 spiro atoms. The second-order valence-corrected chi connectivity index (χ2v) is 5.85. The van der Waals surface area contributed by atoms with Crippen LogP contribution in [0.5, 0.6) is 0 Å². The minimum atomic E-state index is -0.933. The van der Waals surface area contributed by atoms with Crippen LogP contribution in [0.3, 0.4) is 0 Å². The molecule has 2 amide bonds. The summed E-state index contributed by atoms with van der Waals surface area (Å²) in [6, 6.07) is -0.136. The molecule has 2 atom stereocenters. The molecule has 0 aromatic carbocycles. The van der Waals surface area contributed by atoms with E-state index in [9.17, 15) is 9.59 Å². The lowest BCUT2D eigenvalue weighted by atomic mass is 10.3. The molecule has 2 unspecified atom stereocenters. The van der Waals surface area contributed by atoms with Crippen molar-refractivity contribution in [3.8, 4) is 0 Å². The number of hydrogen-bond donors (Lipinski definition) is 1. The molecule has 0 heterocycles. The van der Waals surface area contributed by atoms with E-state index in [2.05, 4.69) is 6.92 Å². The van der Waals surface area contributed by atoms with Crippen LogP contribution in [-0.2, 0) is 4.79 Å². The molecule has 5 heteroatoms. The number of rotatable bonds is 6. The SMILES string of the molecule is CC1CC1CN(C)C(=O)N(CC(=O)O)CC1CC1. The number of carbonyl (C=O) groups is 2. The van der Waals surface area contributed by atoms with E-state index in [1.165, 1.54) is 11.3 Å². The second-order valence-electron chi connectivity index (χ2n) is 5.85. The van der Waals surface area contributed by atoms with Gasteiger partial charge in [-0.25, -0.2) is 4.79 Å². The number of aliphatic carboxylic acids is 1. The van der Waals surface area contributed by atoms with Gasteiger partial charge >= 0.3 is 12.0 Å². The van der Waals surface area contributed by atoms with Crippen molar-refractivity contribution in [3.05, 3.63) is 0 Å². The van der Waals surface area contributed by atoms with Crippen molar-refractivity contribution in [2.45, 2.75) is 26.2 Å². The van der Waals surface area contributed by atoms with Crippen LogP contribution in [0.1, 0.15) is 26.2 Å². The predicted molar refractivity (Wildman–Crippen MR) is 67.2 cm³/mol. The molecule has 2 aliphatic carbocycles. The van der Waals surface area contributed by atoms with E-state index in [-0.39, 0.29) is 12.6 Å². The molecule has 5 nitrogen and oxygen atoms in total. The van der Waals surface area contributed by atoms with Gasteiger partial charge in [0.25, 0.3) is 0 Å². The molecule has 1 N–H and O–H groups in total. The Morgan fingerprint density at radius 1 is 1.28 bits per heavy atom. The number of nitrogens with zero attached hydrogens (tertiary/aromatic N) is 2. The van der Waals surface area contributed by atoms with E-state index in [1.54, 1.807) is 11.9 Å². The summed E-state index contributed by atoms with van der Waals surface area (Å²) in [7, 11) is 1.77. The molecule has 0 saturated heterocycles. The Balaban J connectivity index is 1.85. The first-order valence-corrected chi connectivity index (χ1v) is 6.69. The number of amides is 2. The molecular formula is C13H22N2O3. The molecular weight excluding hydrogens is 232 g/mol. The first-order chi connectivity index (χ1) is 8.47. The third kappa shape index (κ3) is 3.62. The molecule has 2 saturated carbocycles. The van der Waals surface area contributed by atoms with E-state index in [4.69, 9.17) is 5.11 Å². The zero-order chi connectivity index (χ0) is 13.3. The Morgan fingerprint density at radius 3 is 2.33 bits per heavy atom. The van der Waals surface area contributed by atoms with Gasteiger partial charge in [-0.1, -0.05) is 6.92 Å². The molecule has 18 heavy (non-hydrogen) atoms. The van der Waals surface area contributed by atoms with Gasteiger partial charge in [-0.3, -0.25) is 4.79 Å². The van der Waals surface area contributed by atoms with Crippen LogP contribution in [0.25, 0.3) is 0 Å². The van der Waals surface area contributed by atoms with Crippen LogP contribution in [0.2, 0.25) is 0 Å². The summed E-state index contributed by atoms with van der Waals surface area (Å²) >= 11 is 0. The van der Waals surface area contributed by atoms with E-state index >= 15 is 0 Å². The highest BCUT2D eigenvalue weighted by Crippen LogP contribution is 2.38. The van der Waals surface area contributed by atoms with Crippen molar-refractivity contribution in [1.29, 1.82) is 0 Å². The topological polar surface area (TPSA) is 60.9 Å². The van der Waals surface area contributed by atoms with Gasteiger partial charge in [-0.2, -0.15) is 0 Å². The number of carbonyl (C=O) groups excluding carboxylic acids is 1. The smallest absolute Gasteiger partial charge is 0.323 e. The second kappa shape index (κ2) is 5.16. The number of carboxylic acid groups (broad SMARTS) is 1. The predicted octanol–water partition coefficient (Wildman–Crippen LogP) is 1.49. The summed E-state index contributed by atoms with van der Waals surface area (Å²) in [6.45, 7) is 3.35. The average molecular weight is 254 g/mol. The van der Waals surface area contributed by atoms with Gasteiger partial charge in [0.1, 0.15) is 6.54 Å². The molecule has 102 valence electrons. The molecule has 0 aliphatic heterocycles. The number of urea groups is 1. The van der Waals surface area contributed by atoms with Gasteiger partial charge in [0.05, 0.1) is 0 Å². The molecule has 2 rings (SSSR count). The monoisotopic (exact) mass is 254 g/mol. The maximum atomic E-state index is 12.2. The molecule has 0 bridgehead atoms. The third-order valence-corrected chi connectivity index (χ3v) is 3.88. The van der Waals surface area contributed by atoms with Gasteiger partial charge in [-0.05, 0) is 37.0 Å². The summed E-state index contributed by atoms with van der Waals surface area (Å²) < 4.78 is 0. The first kappa shape index (κ1) is 13.2. The fourth-order valence-electron chi connectivity index (χ4n) is 2.31. The van der Waals surface area contributed by atoms with Gasteiger partial charge in [-0.15, -0.1) is 0 Å². The molecule has 0 aromatic heterocycles. The highest BCUT2D eigenvalue weighted by molar-refractivity contribution is 5.80. The molecule has 2 fully saturated rings. The normalized spacial score (nSPS) is 25.7. The zero-order valence-corrected chi connectivity index (χ0v) is 11.1.